The highest BCUT2D eigenvalue weighted by molar-refractivity contribution is 6.75. The summed E-state index contributed by atoms with van der Waals surface area (Å²) in [6, 6.07) is 0. The number of aromatic nitrogens is 4. The van der Waals surface area contributed by atoms with Crippen molar-refractivity contribution in [1.29, 1.82) is 0 Å². The summed E-state index contributed by atoms with van der Waals surface area (Å²) in [5, 5.41) is 0. The number of aromatic amines is 1. The topological polar surface area (TPSA) is 58.9 Å². The Kier molecular flexibility index (Phi) is 4.82. The predicted molar refractivity (Wildman–Crippen MR) is 103 cm³/mol. The first kappa shape index (κ1) is 17.9. The zero-order valence-corrected chi connectivity index (χ0v) is 17.7. The van der Waals surface area contributed by atoms with E-state index in [0.29, 0.717) is 0 Å². The fourth-order valence-electron chi connectivity index (χ4n) is 2.26. The molecular formula is C16H29N5Si2. The zero-order chi connectivity index (χ0) is 17.4. The Morgan fingerprint density at radius 1 is 1.22 bits per heavy atom. The second kappa shape index (κ2) is 6.20. The lowest BCUT2D eigenvalue weighted by molar-refractivity contribution is 1.02. The molecule has 2 heterocycles. The molecule has 0 aromatic carbocycles. The summed E-state index contributed by atoms with van der Waals surface area (Å²) in [7, 11) is -3.19. The van der Waals surface area contributed by atoms with E-state index in [1.54, 1.807) is 0 Å². The van der Waals surface area contributed by atoms with Gasteiger partial charge in [-0.2, -0.15) is 0 Å². The molecule has 0 unspecified atom stereocenters. The van der Waals surface area contributed by atoms with E-state index in [2.05, 4.69) is 73.4 Å². The molecule has 0 saturated heterocycles. The molecule has 0 aliphatic carbocycles. The fourth-order valence-corrected chi connectivity index (χ4v) is 4.27. The van der Waals surface area contributed by atoms with Gasteiger partial charge in [-0.15, -0.1) is 0 Å². The van der Waals surface area contributed by atoms with Gasteiger partial charge in [0.05, 0.1) is 6.33 Å². The molecule has 0 radical (unpaired) electrons. The normalized spacial score (nSPS) is 13.7. The number of H-pyrrole nitrogens is 1. The Bertz CT molecular complexity index is 796. The molecule has 23 heavy (non-hydrogen) atoms. The van der Waals surface area contributed by atoms with E-state index in [9.17, 15) is 0 Å². The third-order valence-electron chi connectivity index (χ3n) is 3.35. The van der Waals surface area contributed by atoms with Gasteiger partial charge in [0.1, 0.15) is 11.3 Å². The van der Waals surface area contributed by atoms with Gasteiger partial charge in [0.25, 0.3) is 0 Å². The molecule has 0 bridgehead atoms. The number of nitrogens with zero attached hydrogens (tertiary/aromatic N) is 4. The van der Waals surface area contributed by atoms with Gasteiger partial charge in [-0.05, 0) is 33.5 Å². The van der Waals surface area contributed by atoms with E-state index in [0.717, 1.165) is 28.9 Å². The van der Waals surface area contributed by atoms with Crippen LogP contribution in [-0.4, -0.2) is 35.7 Å². The maximum atomic E-state index is 4.89. The maximum absolute atomic E-state index is 4.89. The largest absolute Gasteiger partial charge is 0.344 e. The second-order valence-corrected chi connectivity index (χ2v) is 17.6. The highest BCUT2D eigenvalue weighted by atomic mass is 28.3. The lowest BCUT2D eigenvalue weighted by Crippen LogP contribution is -2.35. The zero-order valence-electron chi connectivity index (χ0n) is 15.7. The van der Waals surface area contributed by atoms with Crippen LogP contribution in [-0.2, 0) is 6.42 Å². The van der Waals surface area contributed by atoms with Crippen molar-refractivity contribution < 1.29 is 0 Å². The van der Waals surface area contributed by atoms with Crippen molar-refractivity contribution in [2.45, 2.75) is 59.6 Å². The maximum Gasteiger partial charge on any atom is 0.175 e. The Labute approximate surface area is 140 Å². The van der Waals surface area contributed by atoms with E-state index in [-0.39, 0.29) is 0 Å². The number of fused-ring (bicyclic) bond motifs is 1. The number of imidazole rings is 1. The minimum atomic E-state index is -1.60. The van der Waals surface area contributed by atoms with E-state index in [1.165, 1.54) is 5.57 Å². The quantitative estimate of drug-likeness (QED) is 0.677. The molecular weight excluding hydrogens is 318 g/mol. The molecule has 0 fully saturated rings. The molecule has 0 spiro atoms. The van der Waals surface area contributed by atoms with Gasteiger partial charge in [0.2, 0.25) is 0 Å². The molecule has 2 aromatic heterocycles. The number of rotatable bonds is 4. The smallest absolute Gasteiger partial charge is 0.175 e. The van der Waals surface area contributed by atoms with Crippen molar-refractivity contribution in [2.24, 2.45) is 4.66 Å². The summed E-state index contributed by atoms with van der Waals surface area (Å²) in [6.45, 7) is 17.8. The molecule has 0 aliphatic heterocycles. The average Bonchev–Trinajstić information content (AvgIpc) is 2.77. The average molecular weight is 348 g/mol. The minimum Gasteiger partial charge on any atom is -0.344 e. The first-order valence-corrected chi connectivity index (χ1v) is 15.0. The summed E-state index contributed by atoms with van der Waals surface area (Å²) >= 11 is 0. The molecule has 1 N–H and O–H groups in total. The van der Waals surface area contributed by atoms with Gasteiger partial charge in [-0.1, -0.05) is 31.3 Å². The Morgan fingerprint density at radius 3 is 2.39 bits per heavy atom. The van der Waals surface area contributed by atoms with Crippen LogP contribution in [0, 0.1) is 0 Å². The second-order valence-electron chi connectivity index (χ2n) is 8.26. The van der Waals surface area contributed by atoms with E-state index >= 15 is 0 Å². The van der Waals surface area contributed by atoms with Crippen molar-refractivity contribution >= 4 is 27.6 Å². The van der Waals surface area contributed by atoms with Gasteiger partial charge in [0, 0.05) is 6.42 Å². The van der Waals surface area contributed by atoms with E-state index in [4.69, 9.17) is 9.64 Å². The standard InChI is InChI=1S/C16H29N5Si2/c1-12(2)9-10-13-18-14-15(20-22(3,4)5)17-11-21(16(14)19-13)23(6,7)8/h9,11H,10H2,1-8H3,(H,18,19)/b20-15-. The van der Waals surface area contributed by atoms with Crippen LogP contribution in [0.2, 0.25) is 39.3 Å². The van der Waals surface area contributed by atoms with Crippen molar-refractivity contribution in [3.8, 4) is 0 Å². The van der Waals surface area contributed by atoms with Gasteiger partial charge in [0.15, 0.2) is 27.6 Å². The Balaban J connectivity index is 2.73. The third-order valence-corrected chi connectivity index (χ3v) is 6.00. The molecule has 2 aromatic rings. The third kappa shape index (κ3) is 4.51. The highest BCUT2D eigenvalue weighted by Crippen LogP contribution is 2.14. The monoisotopic (exact) mass is 347 g/mol. The summed E-state index contributed by atoms with van der Waals surface area (Å²) in [6.07, 6.45) is 4.94. The number of allylic oxidation sites excluding steroid dienone is 2. The summed E-state index contributed by atoms with van der Waals surface area (Å²) in [5.74, 6) is 0.980. The lowest BCUT2D eigenvalue weighted by Gasteiger charge is -2.20. The van der Waals surface area contributed by atoms with Crippen LogP contribution in [0.1, 0.15) is 19.7 Å². The summed E-state index contributed by atoms with van der Waals surface area (Å²) in [4.78, 5) is 13.0. The highest BCUT2D eigenvalue weighted by Gasteiger charge is 2.21. The van der Waals surface area contributed by atoms with Crippen molar-refractivity contribution in [3.05, 3.63) is 29.3 Å². The van der Waals surface area contributed by atoms with Crippen LogP contribution in [0.25, 0.3) is 11.2 Å². The first-order valence-electron chi connectivity index (χ1n) is 8.13. The molecule has 0 amide bonds. The SMILES string of the molecule is CC(C)=CCc1nc2c([nH]1)/c(=N/[Si](C)(C)C)ncn2[Si](C)(C)C. The van der Waals surface area contributed by atoms with E-state index in [1.807, 2.05) is 6.33 Å². The molecule has 2 rings (SSSR count). The van der Waals surface area contributed by atoms with Crippen molar-refractivity contribution in [1.82, 2.24) is 19.2 Å². The Hall–Kier alpha value is -1.48. The van der Waals surface area contributed by atoms with Gasteiger partial charge < -0.3 is 13.9 Å². The van der Waals surface area contributed by atoms with Crippen molar-refractivity contribution in [2.75, 3.05) is 0 Å². The summed E-state index contributed by atoms with van der Waals surface area (Å²) in [5.41, 5.74) is 4.08. The molecule has 126 valence electrons. The van der Waals surface area contributed by atoms with Crippen LogP contribution in [0.5, 0.6) is 0 Å². The predicted octanol–water partition coefficient (Wildman–Crippen LogP) is 3.69. The van der Waals surface area contributed by atoms with Gasteiger partial charge in [-0.3, -0.25) is 0 Å². The molecule has 5 nitrogen and oxygen atoms in total. The van der Waals surface area contributed by atoms with Crippen LogP contribution >= 0.6 is 0 Å². The minimum absolute atomic E-state index is 0.810. The van der Waals surface area contributed by atoms with Gasteiger partial charge >= 0.3 is 0 Å². The molecule has 7 heteroatoms. The molecule has 0 saturated carbocycles. The Morgan fingerprint density at radius 2 is 1.87 bits per heavy atom. The van der Waals surface area contributed by atoms with Crippen LogP contribution in [0.3, 0.4) is 0 Å². The van der Waals surface area contributed by atoms with E-state index < -0.39 is 16.5 Å². The van der Waals surface area contributed by atoms with Crippen LogP contribution in [0.4, 0.5) is 0 Å². The van der Waals surface area contributed by atoms with Gasteiger partial charge in [-0.25, -0.2) is 9.97 Å². The number of hydrogen-bond donors (Lipinski definition) is 1. The van der Waals surface area contributed by atoms with Crippen LogP contribution in [0.15, 0.2) is 22.6 Å². The molecule has 0 aliphatic rings. The first-order chi connectivity index (χ1) is 10.5. The van der Waals surface area contributed by atoms with Crippen molar-refractivity contribution in [3.63, 3.8) is 0 Å². The summed E-state index contributed by atoms with van der Waals surface area (Å²) < 4.78 is 7.15. The lowest BCUT2D eigenvalue weighted by atomic mass is 10.2. The molecule has 0 atom stereocenters. The van der Waals surface area contributed by atoms with Crippen LogP contribution < -0.4 is 5.49 Å². The fraction of sp³-hybridized carbons (Fsp3) is 0.562. The number of nitrogens with one attached hydrogen (secondary N) is 1. The number of hydrogen-bond acceptors (Lipinski definition) is 3.